The van der Waals surface area contributed by atoms with Gasteiger partial charge in [-0.05, 0) is 57.2 Å². The van der Waals surface area contributed by atoms with Gasteiger partial charge in [0.2, 0.25) is 0 Å². The Labute approximate surface area is 160 Å². The highest BCUT2D eigenvalue weighted by Crippen LogP contribution is 2.35. The molecule has 1 fully saturated rings. The largest absolute Gasteiger partial charge is 0.465 e. The lowest BCUT2D eigenvalue weighted by Crippen LogP contribution is -2.41. The van der Waals surface area contributed by atoms with Gasteiger partial charge >= 0.3 is 12.1 Å². The summed E-state index contributed by atoms with van der Waals surface area (Å²) in [4.78, 5) is 25.8. The summed E-state index contributed by atoms with van der Waals surface area (Å²) in [5.41, 5.74) is 2.37. The van der Waals surface area contributed by atoms with E-state index in [9.17, 15) is 9.59 Å². The minimum atomic E-state index is -0.471. The van der Waals surface area contributed by atoms with Crippen molar-refractivity contribution in [2.45, 2.75) is 45.1 Å². The zero-order valence-corrected chi connectivity index (χ0v) is 16.7. The van der Waals surface area contributed by atoms with E-state index in [4.69, 9.17) is 9.47 Å². The number of carbonyl (C=O) groups is 2. The molecule has 0 N–H and O–H groups in total. The molecule has 146 valence electrons. The fraction of sp³-hybridized carbons (Fsp3) is 0.524. The highest BCUT2D eigenvalue weighted by molar-refractivity contribution is 5.95. The molecular weight excluding hydrogens is 344 g/mol. The van der Waals surface area contributed by atoms with Gasteiger partial charge in [0, 0.05) is 37.2 Å². The molecule has 1 amide bonds. The molecule has 6 heteroatoms. The molecular formula is C21H28N2O4. The second-order valence-corrected chi connectivity index (χ2v) is 8.16. The molecule has 2 heterocycles. The molecule has 1 aromatic carbocycles. The van der Waals surface area contributed by atoms with Crippen LogP contribution in [0.2, 0.25) is 0 Å². The molecule has 0 bridgehead atoms. The van der Waals surface area contributed by atoms with Crippen molar-refractivity contribution in [1.82, 2.24) is 9.47 Å². The van der Waals surface area contributed by atoms with E-state index in [-0.39, 0.29) is 12.1 Å². The number of piperidine rings is 1. The van der Waals surface area contributed by atoms with E-state index < -0.39 is 5.60 Å². The molecule has 1 aliphatic heterocycles. The van der Waals surface area contributed by atoms with Crippen molar-refractivity contribution < 1.29 is 19.1 Å². The van der Waals surface area contributed by atoms with Crippen molar-refractivity contribution in [1.29, 1.82) is 0 Å². The van der Waals surface area contributed by atoms with Crippen molar-refractivity contribution in [3.63, 3.8) is 0 Å². The zero-order valence-electron chi connectivity index (χ0n) is 16.7. The van der Waals surface area contributed by atoms with Gasteiger partial charge in [-0.25, -0.2) is 9.59 Å². The summed E-state index contributed by atoms with van der Waals surface area (Å²) in [6.45, 7) is 7.04. The fourth-order valence-corrected chi connectivity index (χ4v) is 3.68. The Balaban J connectivity index is 1.76. The number of esters is 1. The van der Waals surface area contributed by atoms with Crippen molar-refractivity contribution in [2.75, 3.05) is 20.2 Å². The van der Waals surface area contributed by atoms with Crippen molar-refractivity contribution in [2.24, 2.45) is 7.05 Å². The van der Waals surface area contributed by atoms with Crippen molar-refractivity contribution >= 4 is 23.0 Å². The van der Waals surface area contributed by atoms with E-state index in [0.29, 0.717) is 24.6 Å². The van der Waals surface area contributed by atoms with Gasteiger partial charge in [0.05, 0.1) is 12.7 Å². The number of aromatic nitrogens is 1. The van der Waals surface area contributed by atoms with Crippen molar-refractivity contribution in [3.05, 3.63) is 35.5 Å². The van der Waals surface area contributed by atoms with Gasteiger partial charge < -0.3 is 18.9 Å². The number of likely N-dealkylation sites (tertiary alicyclic amines) is 1. The van der Waals surface area contributed by atoms with Crippen LogP contribution in [0.4, 0.5) is 4.79 Å². The molecule has 0 radical (unpaired) electrons. The quantitative estimate of drug-likeness (QED) is 0.745. The molecule has 1 saturated heterocycles. The molecule has 6 nitrogen and oxygen atoms in total. The monoisotopic (exact) mass is 372 g/mol. The molecule has 3 rings (SSSR count). The van der Waals surface area contributed by atoms with E-state index in [1.54, 1.807) is 4.90 Å². The van der Waals surface area contributed by atoms with Gasteiger partial charge in [-0.2, -0.15) is 0 Å². The lowest BCUT2D eigenvalue weighted by molar-refractivity contribution is 0.0205. The second-order valence-electron chi connectivity index (χ2n) is 8.16. The number of ether oxygens (including phenoxy) is 2. The first-order valence-electron chi connectivity index (χ1n) is 9.35. The number of rotatable bonds is 2. The lowest BCUT2D eigenvalue weighted by Gasteiger charge is -2.33. The number of benzene rings is 1. The first-order valence-corrected chi connectivity index (χ1v) is 9.35. The van der Waals surface area contributed by atoms with Gasteiger partial charge in [-0.15, -0.1) is 0 Å². The summed E-state index contributed by atoms with van der Waals surface area (Å²) in [5.74, 6) is 0.0571. The third kappa shape index (κ3) is 4.10. The fourth-order valence-electron chi connectivity index (χ4n) is 3.68. The van der Waals surface area contributed by atoms with E-state index >= 15 is 0 Å². The van der Waals surface area contributed by atoms with E-state index in [0.717, 1.165) is 23.7 Å². The van der Waals surface area contributed by atoms with Crippen LogP contribution >= 0.6 is 0 Å². The predicted molar refractivity (Wildman–Crippen MR) is 104 cm³/mol. The number of hydrogen-bond donors (Lipinski definition) is 0. The molecule has 0 spiro atoms. The maximum absolute atomic E-state index is 12.3. The Kier molecular flexibility index (Phi) is 5.18. The summed E-state index contributed by atoms with van der Waals surface area (Å²) >= 11 is 0. The predicted octanol–water partition coefficient (Wildman–Crippen LogP) is 4.08. The lowest BCUT2D eigenvalue weighted by atomic mass is 9.89. The van der Waals surface area contributed by atoms with E-state index in [1.165, 1.54) is 12.7 Å². The molecule has 0 atom stereocenters. The summed E-state index contributed by atoms with van der Waals surface area (Å²) in [7, 11) is 3.38. The number of carbonyl (C=O) groups excluding carboxylic acids is 2. The number of fused-ring (bicyclic) bond motifs is 1. The number of amides is 1. The summed E-state index contributed by atoms with van der Waals surface area (Å²) in [6.07, 6.45) is 3.70. The van der Waals surface area contributed by atoms with Crippen LogP contribution in [0.3, 0.4) is 0 Å². The first kappa shape index (κ1) is 19.3. The smallest absolute Gasteiger partial charge is 0.410 e. The molecule has 27 heavy (non-hydrogen) atoms. The van der Waals surface area contributed by atoms with Crippen LogP contribution in [0.1, 0.15) is 55.5 Å². The molecule has 0 aliphatic carbocycles. The Morgan fingerprint density at radius 2 is 1.81 bits per heavy atom. The van der Waals surface area contributed by atoms with Crippen LogP contribution in [0, 0.1) is 0 Å². The van der Waals surface area contributed by atoms with Crippen LogP contribution in [0.25, 0.3) is 10.9 Å². The normalized spacial score (nSPS) is 15.8. The number of hydrogen-bond acceptors (Lipinski definition) is 4. The van der Waals surface area contributed by atoms with Crippen LogP contribution in [0.15, 0.2) is 24.4 Å². The van der Waals surface area contributed by atoms with Gasteiger partial charge in [-0.1, -0.05) is 6.07 Å². The molecule has 0 saturated carbocycles. The van der Waals surface area contributed by atoms with Crippen LogP contribution in [0.5, 0.6) is 0 Å². The minimum absolute atomic E-state index is 0.235. The van der Waals surface area contributed by atoms with Gasteiger partial charge in [-0.3, -0.25) is 0 Å². The number of nitrogens with zero attached hydrogens (tertiary/aromatic N) is 2. The Hall–Kier alpha value is -2.50. The summed E-state index contributed by atoms with van der Waals surface area (Å²) in [6, 6.07) is 5.69. The minimum Gasteiger partial charge on any atom is -0.465 e. The average molecular weight is 372 g/mol. The zero-order chi connectivity index (χ0) is 19.8. The van der Waals surface area contributed by atoms with Crippen LogP contribution < -0.4 is 0 Å². The van der Waals surface area contributed by atoms with Gasteiger partial charge in [0.15, 0.2) is 0 Å². The summed E-state index contributed by atoms with van der Waals surface area (Å²) in [5, 5.41) is 1.15. The SMILES string of the molecule is COC(=O)c1ccc2c(C3CCN(C(=O)OC(C)(C)C)CC3)cn(C)c2c1. The van der Waals surface area contributed by atoms with Gasteiger partial charge in [0.1, 0.15) is 5.60 Å². The van der Waals surface area contributed by atoms with Crippen LogP contribution in [-0.4, -0.2) is 47.3 Å². The topological polar surface area (TPSA) is 60.8 Å². The number of aryl methyl sites for hydroxylation is 1. The molecule has 1 aromatic heterocycles. The Morgan fingerprint density at radius 3 is 2.41 bits per heavy atom. The summed E-state index contributed by atoms with van der Waals surface area (Å²) < 4.78 is 12.4. The highest BCUT2D eigenvalue weighted by Gasteiger charge is 2.28. The van der Waals surface area contributed by atoms with E-state index in [2.05, 4.69) is 10.8 Å². The van der Waals surface area contributed by atoms with Crippen molar-refractivity contribution in [3.8, 4) is 0 Å². The van der Waals surface area contributed by atoms with Crippen LogP contribution in [-0.2, 0) is 16.5 Å². The molecule has 2 aromatic rings. The highest BCUT2D eigenvalue weighted by atomic mass is 16.6. The third-order valence-corrected chi connectivity index (χ3v) is 5.03. The third-order valence-electron chi connectivity index (χ3n) is 5.03. The Bertz CT molecular complexity index is 855. The molecule has 0 unspecified atom stereocenters. The van der Waals surface area contributed by atoms with Gasteiger partial charge in [0.25, 0.3) is 0 Å². The molecule has 1 aliphatic rings. The maximum atomic E-state index is 12.3. The first-order chi connectivity index (χ1) is 12.7. The number of methoxy groups -OCH3 is 1. The standard InChI is InChI=1S/C21H28N2O4/c1-21(2,3)27-20(25)23-10-8-14(9-11-23)17-13-22(4)18-12-15(19(24)26-5)6-7-16(17)18/h6-7,12-14H,8-11H2,1-5H3. The average Bonchev–Trinajstić information content (AvgIpc) is 2.96. The maximum Gasteiger partial charge on any atom is 0.410 e. The Morgan fingerprint density at radius 1 is 1.15 bits per heavy atom. The second kappa shape index (κ2) is 7.25. The van der Waals surface area contributed by atoms with E-state index in [1.807, 2.05) is 46.0 Å².